The summed E-state index contributed by atoms with van der Waals surface area (Å²) in [6.45, 7) is 3.78. The number of methoxy groups -OCH3 is 1. The van der Waals surface area contributed by atoms with Crippen molar-refractivity contribution in [3.8, 4) is 28.3 Å². The van der Waals surface area contributed by atoms with Crippen molar-refractivity contribution in [3.05, 3.63) is 82.6 Å². The van der Waals surface area contributed by atoms with Gasteiger partial charge in [0, 0.05) is 13.1 Å². The molecule has 1 saturated heterocycles. The number of nitrogens with zero attached hydrogens (tertiary/aromatic N) is 3. The monoisotopic (exact) mass is 508 g/mol. The third-order valence-corrected chi connectivity index (χ3v) is 7.50. The maximum Gasteiger partial charge on any atom is 0.262 e. The van der Waals surface area contributed by atoms with Crippen LogP contribution in [-0.4, -0.2) is 47.1 Å². The van der Waals surface area contributed by atoms with E-state index >= 15 is 0 Å². The molecule has 0 bridgehead atoms. The zero-order valence-electron chi connectivity index (χ0n) is 21.7. The molecule has 4 aromatic rings. The van der Waals surface area contributed by atoms with Crippen LogP contribution in [0.1, 0.15) is 24.8 Å². The lowest BCUT2D eigenvalue weighted by Crippen LogP contribution is -2.36. The van der Waals surface area contributed by atoms with Crippen molar-refractivity contribution in [2.24, 2.45) is 5.92 Å². The van der Waals surface area contributed by atoms with Gasteiger partial charge in [0.15, 0.2) is 0 Å². The minimum absolute atomic E-state index is 0.0998. The van der Waals surface area contributed by atoms with Gasteiger partial charge in [0.05, 0.1) is 23.6 Å². The first-order valence-corrected chi connectivity index (χ1v) is 13.4. The topological polar surface area (TPSA) is 76.5 Å². The molecule has 0 radical (unpaired) electrons. The maximum absolute atomic E-state index is 13.9. The van der Waals surface area contributed by atoms with Crippen LogP contribution < -0.4 is 15.6 Å². The van der Waals surface area contributed by atoms with Crippen molar-refractivity contribution in [1.82, 2.24) is 19.8 Å². The average molecular weight is 509 g/mol. The van der Waals surface area contributed by atoms with Crippen LogP contribution in [0.25, 0.3) is 33.4 Å². The summed E-state index contributed by atoms with van der Waals surface area (Å²) in [6.07, 6.45) is 3.55. The third kappa shape index (κ3) is 5.07. The highest BCUT2D eigenvalue weighted by atomic mass is 16.5. The number of para-hydroxylation sites is 1. The van der Waals surface area contributed by atoms with E-state index in [9.17, 15) is 9.59 Å². The molecule has 2 heterocycles. The van der Waals surface area contributed by atoms with Crippen molar-refractivity contribution in [3.63, 3.8) is 0 Å². The first kappa shape index (κ1) is 24.4. The Kier molecular flexibility index (Phi) is 6.68. The number of nitrogens with one attached hydrogen (secondary N) is 1. The number of benzene rings is 3. The molecule has 7 heteroatoms. The summed E-state index contributed by atoms with van der Waals surface area (Å²) < 4.78 is 7.05. The Hall–Kier alpha value is -3.97. The van der Waals surface area contributed by atoms with Crippen LogP contribution in [0.15, 0.2) is 71.5 Å². The molecule has 1 aromatic heterocycles. The summed E-state index contributed by atoms with van der Waals surface area (Å²) >= 11 is 0. The molecule has 1 aliphatic carbocycles. The van der Waals surface area contributed by atoms with Gasteiger partial charge in [-0.1, -0.05) is 36.4 Å². The van der Waals surface area contributed by atoms with Gasteiger partial charge in [-0.15, -0.1) is 0 Å². The summed E-state index contributed by atoms with van der Waals surface area (Å²) in [4.78, 5) is 34.1. The Labute approximate surface area is 222 Å². The first-order valence-electron chi connectivity index (χ1n) is 13.4. The van der Waals surface area contributed by atoms with Crippen LogP contribution in [0, 0.1) is 5.92 Å². The number of amides is 1. The molecule has 3 aromatic carbocycles. The molecule has 194 valence electrons. The van der Waals surface area contributed by atoms with Crippen LogP contribution in [0.5, 0.6) is 5.75 Å². The number of carbonyl (C=O) groups excluding carboxylic acids is 1. The van der Waals surface area contributed by atoms with Crippen molar-refractivity contribution >= 4 is 16.8 Å². The number of aromatic nitrogens is 2. The standard InChI is InChI=1S/C31H32N4O3/c1-38-28-9-3-2-8-25(28)30-33-27-13-12-24(23-7-4-6-22(16-23)19-34-14-5-15-34)17-26(27)31(37)35(30)20-29(36)32-18-21-10-11-21/h2-4,6-9,12-13,16-17,21H,5,10-11,14-15,18-20H2,1H3,(H,32,36). The number of likely N-dealkylation sites (tertiary alicyclic amines) is 1. The van der Waals surface area contributed by atoms with Crippen molar-refractivity contribution < 1.29 is 9.53 Å². The highest BCUT2D eigenvalue weighted by Gasteiger charge is 2.23. The molecule has 1 N–H and O–H groups in total. The van der Waals surface area contributed by atoms with Gasteiger partial charge in [-0.2, -0.15) is 0 Å². The predicted octanol–water partition coefficient (Wildman–Crippen LogP) is 4.47. The van der Waals surface area contributed by atoms with Gasteiger partial charge in [0.25, 0.3) is 5.56 Å². The Morgan fingerprint density at radius 1 is 1.03 bits per heavy atom. The van der Waals surface area contributed by atoms with E-state index in [-0.39, 0.29) is 18.0 Å². The minimum Gasteiger partial charge on any atom is -0.496 e. The fraction of sp³-hybridized carbons (Fsp3) is 0.323. The minimum atomic E-state index is -0.240. The van der Waals surface area contributed by atoms with Crippen LogP contribution in [0.4, 0.5) is 0 Å². The zero-order valence-corrected chi connectivity index (χ0v) is 21.7. The smallest absolute Gasteiger partial charge is 0.262 e. The van der Waals surface area contributed by atoms with Gasteiger partial charge in [-0.25, -0.2) is 4.98 Å². The molecular weight excluding hydrogens is 476 g/mol. The van der Waals surface area contributed by atoms with Gasteiger partial charge in [0.2, 0.25) is 5.91 Å². The highest BCUT2D eigenvalue weighted by Crippen LogP contribution is 2.30. The van der Waals surface area contributed by atoms with E-state index in [0.29, 0.717) is 40.5 Å². The second-order valence-electron chi connectivity index (χ2n) is 10.3. The molecular formula is C31H32N4O3. The fourth-order valence-electron chi connectivity index (χ4n) is 5.01. The quantitative estimate of drug-likeness (QED) is 0.361. The summed E-state index contributed by atoms with van der Waals surface area (Å²) in [7, 11) is 1.59. The lowest BCUT2D eigenvalue weighted by atomic mass is 10.0. The average Bonchev–Trinajstić information content (AvgIpc) is 3.76. The molecule has 1 aliphatic heterocycles. The number of carbonyl (C=O) groups is 1. The van der Waals surface area contributed by atoms with E-state index in [1.807, 2.05) is 42.5 Å². The van der Waals surface area contributed by atoms with Crippen LogP contribution >= 0.6 is 0 Å². The summed E-state index contributed by atoms with van der Waals surface area (Å²) in [5.74, 6) is 1.39. The van der Waals surface area contributed by atoms with Crippen LogP contribution in [0.2, 0.25) is 0 Å². The first-order chi connectivity index (χ1) is 18.6. The van der Waals surface area contributed by atoms with Gasteiger partial charge < -0.3 is 10.1 Å². The normalized spacial score (nSPS) is 15.3. The van der Waals surface area contributed by atoms with E-state index in [4.69, 9.17) is 9.72 Å². The molecule has 1 amide bonds. The summed E-state index contributed by atoms with van der Waals surface area (Å²) in [6, 6.07) is 21.7. The summed E-state index contributed by atoms with van der Waals surface area (Å²) in [5.41, 5.74) is 4.30. The van der Waals surface area contributed by atoms with E-state index < -0.39 is 0 Å². The van der Waals surface area contributed by atoms with E-state index in [1.54, 1.807) is 7.11 Å². The maximum atomic E-state index is 13.9. The SMILES string of the molecule is COc1ccccc1-c1nc2ccc(-c3cccc(CN4CCC4)c3)cc2c(=O)n1CC(=O)NCC1CC1. The Bertz CT molecular complexity index is 1550. The van der Waals surface area contributed by atoms with Gasteiger partial charge in [-0.05, 0) is 85.3 Å². The molecule has 6 rings (SSSR count). The van der Waals surface area contributed by atoms with Gasteiger partial charge in [-0.3, -0.25) is 19.1 Å². The molecule has 1 saturated carbocycles. The second kappa shape index (κ2) is 10.4. The van der Waals surface area contributed by atoms with Crippen LogP contribution in [-0.2, 0) is 17.9 Å². The van der Waals surface area contributed by atoms with E-state index in [1.165, 1.54) is 16.6 Å². The Balaban J connectivity index is 1.42. The number of fused-ring (bicyclic) bond motifs is 1. The number of hydrogen-bond acceptors (Lipinski definition) is 5. The largest absolute Gasteiger partial charge is 0.496 e. The third-order valence-electron chi connectivity index (χ3n) is 7.50. The van der Waals surface area contributed by atoms with Crippen molar-refractivity contribution in [2.75, 3.05) is 26.7 Å². The van der Waals surface area contributed by atoms with Crippen LogP contribution in [0.3, 0.4) is 0 Å². The molecule has 2 aliphatic rings. The van der Waals surface area contributed by atoms with E-state index in [0.717, 1.165) is 43.6 Å². The molecule has 7 nitrogen and oxygen atoms in total. The lowest BCUT2D eigenvalue weighted by Gasteiger charge is -2.30. The molecule has 2 fully saturated rings. The Morgan fingerprint density at radius 3 is 2.61 bits per heavy atom. The Morgan fingerprint density at radius 2 is 1.84 bits per heavy atom. The molecule has 0 atom stereocenters. The van der Waals surface area contributed by atoms with Crippen molar-refractivity contribution in [2.45, 2.75) is 32.4 Å². The number of rotatable bonds is 9. The van der Waals surface area contributed by atoms with E-state index in [2.05, 4.69) is 34.5 Å². The zero-order chi connectivity index (χ0) is 26.1. The fourth-order valence-corrected chi connectivity index (χ4v) is 5.01. The predicted molar refractivity (Wildman–Crippen MR) is 149 cm³/mol. The van der Waals surface area contributed by atoms with Crippen molar-refractivity contribution in [1.29, 1.82) is 0 Å². The van der Waals surface area contributed by atoms with Gasteiger partial charge in [0.1, 0.15) is 18.1 Å². The molecule has 38 heavy (non-hydrogen) atoms. The number of ether oxygens (including phenoxy) is 1. The number of hydrogen-bond donors (Lipinski definition) is 1. The highest BCUT2D eigenvalue weighted by molar-refractivity contribution is 5.86. The second-order valence-corrected chi connectivity index (χ2v) is 10.3. The molecule has 0 unspecified atom stereocenters. The summed E-state index contributed by atoms with van der Waals surface area (Å²) in [5, 5.41) is 3.47. The molecule has 0 spiro atoms. The lowest BCUT2D eigenvalue weighted by molar-refractivity contribution is -0.121. The van der Waals surface area contributed by atoms with Gasteiger partial charge >= 0.3 is 0 Å².